The summed E-state index contributed by atoms with van der Waals surface area (Å²) in [5.41, 5.74) is -0.0252. The van der Waals surface area contributed by atoms with Gasteiger partial charge in [0.1, 0.15) is 5.82 Å². The molecule has 2 aromatic carbocycles. The van der Waals surface area contributed by atoms with Gasteiger partial charge in [-0.25, -0.2) is 4.39 Å². The molecular weight excluding hydrogens is 251 g/mol. The van der Waals surface area contributed by atoms with Gasteiger partial charge in [0, 0.05) is 17.8 Å². The largest absolute Gasteiger partial charge is 0.322 e. The van der Waals surface area contributed by atoms with Crippen LogP contribution in [0.15, 0.2) is 48.5 Å². The summed E-state index contributed by atoms with van der Waals surface area (Å²) in [5.74, 6) is -1.30. The Bertz CT molecular complexity index is 643. The second kappa shape index (κ2) is 5.26. The van der Waals surface area contributed by atoms with Crippen molar-refractivity contribution in [2.75, 3.05) is 5.32 Å². The van der Waals surface area contributed by atoms with Gasteiger partial charge in [-0.1, -0.05) is 18.2 Å². The number of rotatable bonds is 3. The Kier molecular flexibility index (Phi) is 3.51. The maximum atomic E-state index is 13.4. The minimum absolute atomic E-state index is 0.117. The second-order valence-corrected chi connectivity index (χ2v) is 3.74. The summed E-state index contributed by atoms with van der Waals surface area (Å²) in [7, 11) is 0. The number of carbonyl (C=O) groups is 1. The van der Waals surface area contributed by atoms with Crippen LogP contribution in [-0.2, 0) is 0 Å². The molecule has 0 aliphatic rings. The van der Waals surface area contributed by atoms with E-state index in [2.05, 4.69) is 5.32 Å². The second-order valence-electron chi connectivity index (χ2n) is 3.74. The zero-order valence-electron chi connectivity index (χ0n) is 9.67. The molecule has 0 fully saturated rings. The maximum absolute atomic E-state index is 13.4. The number of benzene rings is 2. The standard InChI is InChI=1S/C13H9FN2O3/c14-12-7-2-1-6-11(12)13(17)15-9-4-3-5-10(8-9)16(18)19/h1-8H,(H,15,17). The van der Waals surface area contributed by atoms with Crippen LogP contribution in [0.2, 0.25) is 0 Å². The van der Waals surface area contributed by atoms with Crippen molar-refractivity contribution < 1.29 is 14.1 Å². The minimum atomic E-state index is -0.654. The zero-order valence-corrected chi connectivity index (χ0v) is 9.67. The fourth-order valence-electron chi connectivity index (χ4n) is 1.54. The lowest BCUT2D eigenvalue weighted by molar-refractivity contribution is -0.384. The highest BCUT2D eigenvalue weighted by Gasteiger charge is 2.12. The molecule has 1 N–H and O–H groups in total. The van der Waals surface area contributed by atoms with Gasteiger partial charge in [0.15, 0.2) is 0 Å². The van der Waals surface area contributed by atoms with Crippen molar-refractivity contribution in [3.63, 3.8) is 0 Å². The molecule has 0 unspecified atom stereocenters. The van der Waals surface area contributed by atoms with Crippen LogP contribution >= 0.6 is 0 Å². The van der Waals surface area contributed by atoms with Gasteiger partial charge in [-0.2, -0.15) is 0 Å². The van der Waals surface area contributed by atoms with Crippen molar-refractivity contribution in [1.82, 2.24) is 0 Å². The van der Waals surface area contributed by atoms with Crippen LogP contribution in [0.3, 0.4) is 0 Å². The third-order valence-electron chi connectivity index (χ3n) is 2.43. The van der Waals surface area contributed by atoms with Crippen molar-refractivity contribution in [3.05, 3.63) is 70.0 Å². The Labute approximate surface area is 107 Å². The summed E-state index contributed by atoms with van der Waals surface area (Å²) < 4.78 is 13.4. The van der Waals surface area contributed by atoms with Crippen molar-refractivity contribution in [3.8, 4) is 0 Å². The third kappa shape index (κ3) is 2.92. The minimum Gasteiger partial charge on any atom is -0.322 e. The molecule has 6 heteroatoms. The first-order valence-corrected chi connectivity index (χ1v) is 5.38. The smallest absolute Gasteiger partial charge is 0.271 e. The van der Waals surface area contributed by atoms with Gasteiger partial charge < -0.3 is 5.32 Å². The molecule has 5 nitrogen and oxygen atoms in total. The number of nitro groups is 1. The highest BCUT2D eigenvalue weighted by atomic mass is 19.1. The first-order valence-electron chi connectivity index (χ1n) is 5.38. The Morgan fingerprint density at radius 3 is 2.58 bits per heavy atom. The summed E-state index contributed by atoms with van der Waals surface area (Å²) in [6.45, 7) is 0. The van der Waals surface area contributed by atoms with Gasteiger partial charge in [0.2, 0.25) is 0 Å². The van der Waals surface area contributed by atoms with E-state index < -0.39 is 16.6 Å². The summed E-state index contributed by atoms with van der Waals surface area (Å²) in [6.07, 6.45) is 0. The van der Waals surface area contributed by atoms with Gasteiger partial charge in [0.05, 0.1) is 10.5 Å². The number of nitrogens with zero attached hydrogens (tertiary/aromatic N) is 1. The van der Waals surface area contributed by atoms with Gasteiger partial charge in [-0.3, -0.25) is 14.9 Å². The first kappa shape index (κ1) is 12.7. The van der Waals surface area contributed by atoms with Gasteiger partial charge in [-0.05, 0) is 18.2 Å². The molecule has 0 bridgehead atoms. The van der Waals surface area contributed by atoms with Crippen molar-refractivity contribution in [2.45, 2.75) is 0 Å². The van der Waals surface area contributed by atoms with Crippen LogP contribution in [0.1, 0.15) is 10.4 Å². The maximum Gasteiger partial charge on any atom is 0.271 e. The van der Waals surface area contributed by atoms with E-state index in [1.807, 2.05) is 0 Å². The number of nitro benzene ring substituents is 1. The van der Waals surface area contributed by atoms with Crippen LogP contribution < -0.4 is 5.32 Å². The molecule has 19 heavy (non-hydrogen) atoms. The normalized spacial score (nSPS) is 9.95. The number of amides is 1. The molecule has 96 valence electrons. The Morgan fingerprint density at radius 1 is 1.16 bits per heavy atom. The first-order chi connectivity index (χ1) is 9.08. The predicted octanol–water partition coefficient (Wildman–Crippen LogP) is 2.99. The molecular formula is C13H9FN2O3. The molecule has 0 atom stereocenters. The number of anilines is 1. The topological polar surface area (TPSA) is 72.2 Å². The number of hydrogen-bond donors (Lipinski definition) is 1. The van der Waals surface area contributed by atoms with E-state index in [1.54, 1.807) is 0 Å². The predicted molar refractivity (Wildman–Crippen MR) is 67.4 cm³/mol. The Hall–Kier alpha value is -2.76. The number of nitrogens with one attached hydrogen (secondary N) is 1. The van der Waals surface area contributed by atoms with E-state index in [1.165, 1.54) is 48.5 Å². The molecule has 2 rings (SSSR count). The average Bonchev–Trinajstić information content (AvgIpc) is 2.39. The lowest BCUT2D eigenvalue weighted by atomic mass is 10.2. The van der Waals surface area contributed by atoms with Crippen molar-refractivity contribution in [1.29, 1.82) is 0 Å². The summed E-state index contributed by atoms with van der Waals surface area (Å²) in [4.78, 5) is 21.8. The zero-order chi connectivity index (χ0) is 13.8. The monoisotopic (exact) mass is 260 g/mol. The third-order valence-corrected chi connectivity index (χ3v) is 2.43. The summed E-state index contributed by atoms with van der Waals surface area (Å²) >= 11 is 0. The van der Waals surface area contributed by atoms with E-state index in [4.69, 9.17) is 0 Å². The van der Waals surface area contributed by atoms with Crippen LogP contribution in [0, 0.1) is 15.9 Å². The van der Waals surface area contributed by atoms with E-state index in [9.17, 15) is 19.3 Å². The van der Waals surface area contributed by atoms with Gasteiger partial charge in [-0.15, -0.1) is 0 Å². The van der Waals surface area contributed by atoms with E-state index in [-0.39, 0.29) is 16.9 Å². The molecule has 0 saturated carbocycles. The molecule has 0 spiro atoms. The number of carbonyl (C=O) groups excluding carboxylic acids is 1. The molecule has 0 aliphatic carbocycles. The fraction of sp³-hybridized carbons (Fsp3) is 0. The number of hydrogen-bond acceptors (Lipinski definition) is 3. The molecule has 0 radical (unpaired) electrons. The molecule has 0 aliphatic heterocycles. The number of halogens is 1. The van der Waals surface area contributed by atoms with Gasteiger partial charge >= 0.3 is 0 Å². The summed E-state index contributed by atoms with van der Waals surface area (Å²) in [5, 5.41) is 13.0. The Balaban J connectivity index is 2.22. The van der Waals surface area contributed by atoms with E-state index in [0.717, 1.165) is 0 Å². The van der Waals surface area contributed by atoms with E-state index in [0.29, 0.717) is 0 Å². The molecule has 0 saturated heterocycles. The number of non-ortho nitro benzene ring substituents is 1. The lowest BCUT2D eigenvalue weighted by Gasteiger charge is -2.05. The van der Waals surface area contributed by atoms with Crippen LogP contribution in [0.25, 0.3) is 0 Å². The molecule has 1 amide bonds. The SMILES string of the molecule is O=C(Nc1cccc([N+](=O)[O-])c1)c1ccccc1F. The quantitative estimate of drug-likeness (QED) is 0.681. The summed E-state index contributed by atoms with van der Waals surface area (Å²) in [6, 6.07) is 11.0. The highest BCUT2D eigenvalue weighted by Crippen LogP contribution is 2.18. The van der Waals surface area contributed by atoms with Crippen molar-refractivity contribution >= 4 is 17.3 Å². The molecule has 2 aromatic rings. The van der Waals surface area contributed by atoms with Crippen LogP contribution in [-0.4, -0.2) is 10.8 Å². The highest BCUT2D eigenvalue weighted by molar-refractivity contribution is 6.04. The molecule has 0 heterocycles. The fourth-order valence-corrected chi connectivity index (χ4v) is 1.54. The lowest BCUT2D eigenvalue weighted by Crippen LogP contribution is -2.13. The van der Waals surface area contributed by atoms with Gasteiger partial charge in [0.25, 0.3) is 11.6 Å². The van der Waals surface area contributed by atoms with Crippen LogP contribution in [0.4, 0.5) is 15.8 Å². The van der Waals surface area contributed by atoms with E-state index >= 15 is 0 Å². The molecule has 0 aromatic heterocycles. The van der Waals surface area contributed by atoms with Crippen molar-refractivity contribution in [2.24, 2.45) is 0 Å². The van der Waals surface area contributed by atoms with Crippen LogP contribution in [0.5, 0.6) is 0 Å². The average molecular weight is 260 g/mol. The Morgan fingerprint density at radius 2 is 1.89 bits per heavy atom.